The van der Waals surface area contributed by atoms with E-state index in [9.17, 15) is 9.18 Å². The molecular formula is C24H24FN5O. The average molecular weight is 417 g/mol. The third-order valence-electron chi connectivity index (χ3n) is 5.32. The van der Waals surface area contributed by atoms with E-state index >= 15 is 0 Å². The predicted octanol–water partition coefficient (Wildman–Crippen LogP) is 4.61. The summed E-state index contributed by atoms with van der Waals surface area (Å²) < 4.78 is 16.8. The van der Waals surface area contributed by atoms with Crippen molar-refractivity contribution < 1.29 is 9.18 Å². The lowest BCUT2D eigenvalue weighted by Gasteiger charge is -2.15. The van der Waals surface area contributed by atoms with Gasteiger partial charge < -0.3 is 5.32 Å². The summed E-state index contributed by atoms with van der Waals surface area (Å²) >= 11 is 0. The predicted molar refractivity (Wildman–Crippen MR) is 117 cm³/mol. The number of aryl methyl sites for hydroxylation is 2. The second-order valence-electron chi connectivity index (χ2n) is 7.65. The number of aromatic nitrogens is 4. The molecule has 2 heterocycles. The van der Waals surface area contributed by atoms with Crippen molar-refractivity contribution in [1.82, 2.24) is 24.9 Å². The van der Waals surface area contributed by atoms with Crippen molar-refractivity contribution in [2.75, 3.05) is 0 Å². The first-order valence-electron chi connectivity index (χ1n) is 10.1. The Balaban J connectivity index is 1.49. The lowest BCUT2D eigenvalue weighted by molar-refractivity contribution is 0.0940. The number of nitrogens with one attached hydrogen (secondary N) is 1. The third-order valence-corrected chi connectivity index (χ3v) is 5.32. The van der Waals surface area contributed by atoms with Gasteiger partial charge in [-0.1, -0.05) is 0 Å². The number of hydrogen-bond donors (Lipinski definition) is 1. The van der Waals surface area contributed by atoms with Gasteiger partial charge >= 0.3 is 0 Å². The Morgan fingerprint density at radius 3 is 2.19 bits per heavy atom. The second-order valence-corrected chi connectivity index (χ2v) is 7.65. The van der Waals surface area contributed by atoms with Crippen LogP contribution in [0.5, 0.6) is 0 Å². The molecule has 7 heteroatoms. The van der Waals surface area contributed by atoms with Crippen LogP contribution in [0.4, 0.5) is 4.39 Å². The highest BCUT2D eigenvalue weighted by molar-refractivity contribution is 5.94. The van der Waals surface area contributed by atoms with E-state index in [0.717, 1.165) is 34.0 Å². The SMILES string of the molecule is Cc1cc(C)n(-c2ccc(C(=O)NC(C)c3cnn(-c4ccc(F)cc4)c3C)cc2)n1. The molecule has 0 radical (unpaired) electrons. The van der Waals surface area contributed by atoms with Crippen LogP contribution in [0.1, 0.15) is 46.0 Å². The molecule has 0 saturated carbocycles. The largest absolute Gasteiger partial charge is 0.345 e. The molecule has 4 aromatic rings. The average Bonchev–Trinajstić information content (AvgIpc) is 3.30. The minimum atomic E-state index is -0.293. The summed E-state index contributed by atoms with van der Waals surface area (Å²) in [5.41, 5.74) is 6.02. The maximum absolute atomic E-state index is 13.2. The minimum Gasteiger partial charge on any atom is -0.345 e. The molecule has 0 aliphatic heterocycles. The van der Waals surface area contributed by atoms with Crippen LogP contribution in [0.2, 0.25) is 0 Å². The number of benzene rings is 2. The van der Waals surface area contributed by atoms with E-state index in [2.05, 4.69) is 15.5 Å². The van der Waals surface area contributed by atoms with E-state index in [1.54, 1.807) is 35.1 Å². The molecular weight excluding hydrogens is 393 g/mol. The molecule has 0 saturated heterocycles. The molecule has 1 N–H and O–H groups in total. The van der Waals surface area contributed by atoms with Crippen molar-refractivity contribution in [3.8, 4) is 11.4 Å². The summed E-state index contributed by atoms with van der Waals surface area (Å²) in [7, 11) is 0. The smallest absolute Gasteiger partial charge is 0.251 e. The van der Waals surface area contributed by atoms with Crippen LogP contribution in [0, 0.1) is 26.6 Å². The molecule has 2 aromatic heterocycles. The number of nitrogens with zero attached hydrogens (tertiary/aromatic N) is 4. The zero-order valence-corrected chi connectivity index (χ0v) is 17.9. The van der Waals surface area contributed by atoms with E-state index < -0.39 is 0 Å². The summed E-state index contributed by atoms with van der Waals surface area (Å²) in [5.74, 6) is -0.459. The van der Waals surface area contributed by atoms with Crippen LogP contribution in [0.3, 0.4) is 0 Å². The van der Waals surface area contributed by atoms with Crippen molar-refractivity contribution in [1.29, 1.82) is 0 Å². The number of hydrogen-bond acceptors (Lipinski definition) is 3. The van der Waals surface area contributed by atoms with Crippen molar-refractivity contribution in [2.45, 2.75) is 33.7 Å². The molecule has 4 rings (SSSR count). The van der Waals surface area contributed by atoms with Gasteiger partial charge in [-0.05, 0) is 82.3 Å². The van der Waals surface area contributed by atoms with E-state index in [1.807, 2.05) is 50.6 Å². The summed E-state index contributed by atoms with van der Waals surface area (Å²) in [4.78, 5) is 12.8. The summed E-state index contributed by atoms with van der Waals surface area (Å²) in [6.07, 6.45) is 1.73. The monoisotopic (exact) mass is 417 g/mol. The van der Waals surface area contributed by atoms with Crippen LogP contribution in [-0.4, -0.2) is 25.5 Å². The Bertz CT molecular complexity index is 1220. The van der Waals surface area contributed by atoms with Gasteiger partial charge in [-0.3, -0.25) is 4.79 Å². The standard InChI is InChI=1S/C24H24FN5O/c1-15-13-16(2)29(28-15)21-9-5-19(6-10-21)24(31)27-17(3)23-14-26-30(18(23)4)22-11-7-20(25)8-12-22/h5-14,17H,1-4H3,(H,27,31). The van der Waals surface area contributed by atoms with Crippen molar-refractivity contribution in [2.24, 2.45) is 0 Å². The molecule has 0 fully saturated rings. The fraction of sp³-hybridized carbons (Fsp3) is 0.208. The summed E-state index contributed by atoms with van der Waals surface area (Å²) in [5, 5.41) is 11.9. The summed E-state index contributed by atoms with van der Waals surface area (Å²) in [6, 6.07) is 15.3. The first-order chi connectivity index (χ1) is 14.8. The number of amides is 1. The highest BCUT2D eigenvalue weighted by Crippen LogP contribution is 2.21. The zero-order chi connectivity index (χ0) is 22.1. The van der Waals surface area contributed by atoms with E-state index in [-0.39, 0.29) is 17.8 Å². The van der Waals surface area contributed by atoms with Crippen LogP contribution >= 0.6 is 0 Å². The molecule has 6 nitrogen and oxygen atoms in total. The number of carbonyl (C=O) groups excluding carboxylic acids is 1. The van der Waals surface area contributed by atoms with E-state index in [1.165, 1.54) is 12.1 Å². The van der Waals surface area contributed by atoms with Gasteiger partial charge in [0, 0.05) is 22.5 Å². The highest BCUT2D eigenvalue weighted by Gasteiger charge is 2.17. The first-order valence-corrected chi connectivity index (χ1v) is 10.1. The van der Waals surface area contributed by atoms with Gasteiger partial charge in [0.05, 0.1) is 29.3 Å². The molecule has 0 aliphatic rings. The van der Waals surface area contributed by atoms with Gasteiger partial charge in [-0.25, -0.2) is 13.8 Å². The molecule has 0 aliphatic carbocycles. The van der Waals surface area contributed by atoms with Gasteiger partial charge in [-0.2, -0.15) is 10.2 Å². The normalized spacial score (nSPS) is 12.0. The minimum absolute atomic E-state index is 0.165. The van der Waals surface area contributed by atoms with Gasteiger partial charge in [0.1, 0.15) is 5.82 Å². The molecule has 0 bridgehead atoms. The fourth-order valence-electron chi connectivity index (χ4n) is 3.69. The topological polar surface area (TPSA) is 64.7 Å². The lowest BCUT2D eigenvalue weighted by Crippen LogP contribution is -2.27. The fourth-order valence-corrected chi connectivity index (χ4v) is 3.69. The molecule has 0 spiro atoms. The second kappa shape index (κ2) is 8.18. The molecule has 1 atom stereocenters. The molecule has 31 heavy (non-hydrogen) atoms. The molecule has 1 amide bonds. The zero-order valence-electron chi connectivity index (χ0n) is 17.9. The van der Waals surface area contributed by atoms with E-state index in [0.29, 0.717) is 5.56 Å². The Morgan fingerprint density at radius 1 is 0.968 bits per heavy atom. The van der Waals surface area contributed by atoms with Gasteiger partial charge in [0.25, 0.3) is 5.91 Å². The number of rotatable bonds is 5. The quantitative estimate of drug-likeness (QED) is 0.516. The maximum Gasteiger partial charge on any atom is 0.251 e. The Morgan fingerprint density at radius 2 is 1.58 bits per heavy atom. The Labute approximate surface area is 180 Å². The highest BCUT2D eigenvalue weighted by atomic mass is 19.1. The van der Waals surface area contributed by atoms with Crippen LogP contribution in [0.25, 0.3) is 11.4 Å². The molecule has 158 valence electrons. The third kappa shape index (κ3) is 4.12. The molecule has 1 unspecified atom stereocenters. The van der Waals surface area contributed by atoms with E-state index in [4.69, 9.17) is 0 Å². The maximum atomic E-state index is 13.2. The Kier molecular flexibility index (Phi) is 5.42. The number of carbonyl (C=O) groups is 1. The van der Waals surface area contributed by atoms with Gasteiger partial charge in [0.2, 0.25) is 0 Å². The van der Waals surface area contributed by atoms with Gasteiger partial charge in [-0.15, -0.1) is 0 Å². The Hall–Kier alpha value is -3.74. The molecule has 2 aromatic carbocycles. The first kappa shape index (κ1) is 20.5. The van der Waals surface area contributed by atoms with Crippen molar-refractivity contribution in [3.05, 3.63) is 94.8 Å². The van der Waals surface area contributed by atoms with Crippen molar-refractivity contribution >= 4 is 5.91 Å². The van der Waals surface area contributed by atoms with Crippen LogP contribution in [-0.2, 0) is 0 Å². The van der Waals surface area contributed by atoms with Gasteiger partial charge in [0.15, 0.2) is 0 Å². The summed E-state index contributed by atoms with van der Waals surface area (Å²) in [6.45, 7) is 7.79. The van der Waals surface area contributed by atoms with Crippen molar-refractivity contribution in [3.63, 3.8) is 0 Å². The lowest BCUT2D eigenvalue weighted by atomic mass is 10.1. The van der Waals surface area contributed by atoms with Crippen LogP contribution < -0.4 is 5.32 Å². The number of halogens is 1. The van der Waals surface area contributed by atoms with Crippen LogP contribution in [0.15, 0.2) is 60.8 Å².